The van der Waals surface area contributed by atoms with E-state index in [9.17, 15) is 4.79 Å². The molecule has 21 heavy (non-hydrogen) atoms. The summed E-state index contributed by atoms with van der Waals surface area (Å²) < 4.78 is 16.7. The molecule has 0 saturated carbocycles. The number of rotatable bonds is 3. The first kappa shape index (κ1) is 14.6. The van der Waals surface area contributed by atoms with Crippen molar-refractivity contribution in [2.75, 3.05) is 33.4 Å². The van der Waals surface area contributed by atoms with E-state index >= 15 is 0 Å². The van der Waals surface area contributed by atoms with Crippen molar-refractivity contribution in [3.63, 3.8) is 0 Å². The Balaban J connectivity index is 1.80. The third-order valence-electron chi connectivity index (χ3n) is 4.80. The molecule has 2 saturated heterocycles. The predicted molar refractivity (Wildman–Crippen MR) is 77.2 cm³/mol. The summed E-state index contributed by atoms with van der Waals surface area (Å²) in [6.45, 7) is 4.74. The van der Waals surface area contributed by atoms with Gasteiger partial charge in [0.1, 0.15) is 5.76 Å². The van der Waals surface area contributed by atoms with Crippen LogP contribution in [0.25, 0.3) is 0 Å². The number of nitrogens with zero attached hydrogens (tertiary/aromatic N) is 1. The lowest BCUT2D eigenvalue weighted by molar-refractivity contribution is -0.142. The molecule has 1 amide bonds. The van der Waals surface area contributed by atoms with Gasteiger partial charge in [0.15, 0.2) is 0 Å². The molecular weight excluding hydrogens is 270 g/mol. The minimum Gasteiger partial charge on any atom is -0.469 e. The molecule has 0 bridgehead atoms. The number of amides is 1. The number of furan rings is 1. The number of methoxy groups -OCH3 is 1. The van der Waals surface area contributed by atoms with Crippen molar-refractivity contribution in [1.29, 1.82) is 0 Å². The minimum absolute atomic E-state index is 0.0563. The zero-order valence-electron chi connectivity index (χ0n) is 12.8. The van der Waals surface area contributed by atoms with Gasteiger partial charge in [0.05, 0.1) is 24.5 Å². The molecule has 116 valence electrons. The highest BCUT2D eigenvalue weighted by Crippen LogP contribution is 2.40. The quantitative estimate of drug-likeness (QED) is 0.857. The third-order valence-corrected chi connectivity index (χ3v) is 4.80. The van der Waals surface area contributed by atoms with Gasteiger partial charge in [0.2, 0.25) is 0 Å². The largest absolute Gasteiger partial charge is 0.469 e. The van der Waals surface area contributed by atoms with Gasteiger partial charge in [-0.05, 0) is 32.3 Å². The number of carbonyl (C=O) groups is 1. The van der Waals surface area contributed by atoms with Crippen LogP contribution >= 0.6 is 0 Å². The normalized spacial score (nSPS) is 29.2. The molecule has 2 aliphatic rings. The number of aryl methyl sites for hydroxylation is 1. The second-order valence-corrected chi connectivity index (χ2v) is 6.16. The maximum Gasteiger partial charge on any atom is 0.257 e. The molecule has 5 nitrogen and oxygen atoms in total. The summed E-state index contributed by atoms with van der Waals surface area (Å²) in [4.78, 5) is 14.6. The van der Waals surface area contributed by atoms with Crippen molar-refractivity contribution >= 4 is 5.91 Å². The summed E-state index contributed by atoms with van der Waals surface area (Å²) in [6.07, 6.45) is 4.75. The Bertz CT molecular complexity index is 508. The van der Waals surface area contributed by atoms with Crippen LogP contribution in [0.5, 0.6) is 0 Å². The van der Waals surface area contributed by atoms with E-state index in [1.54, 1.807) is 19.4 Å². The van der Waals surface area contributed by atoms with Crippen molar-refractivity contribution in [3.05, 3.63) is 23.7 Å². The first-order valence-corrected chi connectivity index (χ1v) is 7.60. The summed E-state index contributed by atoms with van der Waals surface area (Å²) >= 11 is 0. The van der Waals surface area contributed by atoms with E-state index in [-0.39, 0.29) is 17.4 Å². The molecule has 5 heteroatoms. The Morgan fingerprint density at radius 2 is 2.43 bits per heavy atom. The number of hydrogen-bond acceptors (Lipinski definition) is 4. The van der Waals surface area contributed by atoms with E-state index in [0.29, 0.717) is 24.5 Å². The van der Waals surface area contributed by atoms with Crippen LogP contribution in [0.3, 0.4) is 0 Å². The Morgan fingerprint density at radius 1 is 1.57 bits per heavy atom. The van der Waals surface area contributed by atoms with Gasteiger partial charge in [-0.25, -0.2) is 0 Å². The minimum atomic E-state index is -0.0570. The summed E-state index contributed by atoms with van der Waals surface area (Å²) in [5.74, 6) is 0.739. The molecule has 2 aliphatic heterocycles. The van der Waals surface area contributed by atoms with Crippen LogP contribution < -0.4 is 0 Å². The molecule has 0 aliphatic carbocycles. The van der Waals surface area contributed by atoms with E-state index in [1.165, 1.54) is 0 Å². The van der Waals surface area contributed by atoms with Crippen LogP contribution in [0.1, 0.15) is 35.4 Å². The molecule has 2 atom stereocenters. The molecule has 2 fully saturated rings. The molecular formula is C16H23NO4. The van der Waals surface area contributed by atoms with Gasteiger partial charge in [0, 0.05) is 32.2 Å². The highest BCUT2D eigenvalue weighted by Gasteiger charge is 2.47. The zero-order valence-corrected chi connectivity index (χ0v) is 12.8. The maximum atomic E-state index is 12.7. The molecule has 0 N–H and O–H groups in total. The summed E-state index contributed by atoms with van der Waals surface area (Å²) in [5, 5.41) is 0. The molecule has 1 aromatic rings. The third kappa shape index (κ3) is 2.60. The van der Waals surface area contributed by atoms with Gasteiger partial charge in [-0.15, -0.1) is 0 Å². The maximum absolute atomic E-state index is 12.7. The zero-order chi connectivity index (χ0) is 14.9. The van der Waals surface area contributed by atoms with Gasteiger partial charge in [-0.1, -0.05) is 0 Å². The molecule has 1 aromatic heterocycles. The molecule has 0 spiro atoms. The van der Waals surface area contributed by atoms with Gasteiger partial charge >= 0.3 is 0 Å². The Morgan fingerprint density at radius 3 is 3.14 bits per heavy atom. The van der Waals surface area contributed by atoms with Crippen molar-refractivity contribution < 1.29 is 18.7 Å². The van der Waals surface area contributed by atoms with Crippen LogP contribution in [-0.2, 0) is 9.47 Å². The van der Waals surface area contributed by atoms with Crippen LogP contribution in [0, 0.1) is 12.3 Å². The number of carbonyl (C=O) groups excluding carboxylic acids is 1. The van der Waals surface area contributed by atoms with E-state index < -0.39 is 0 Å². The Kier molecular flexibility index (Phi) is 4.04. The van der Waals surface area contributed by atoms with Crippen molar-refractivity contribution in [2.45, 2.75) is 32.3 Å². The SMILES string of the molecule is COCC12CCCOC1CCN(C(=O)c1ccoc1C)C2. The monoisotopic (exact) mass is 293 g/mol. The molecule has 3 rings (SSSR count). The fourth-order valence-corrected chi connectivity index (χ4v) is 3.74. The second-order valence-electron chi connectivity index (χ2n) is 6.16. The van der Waals surface area contributed by atoms with E-state index in [4.69, 9.17) is 13.9 Å². The lowest BCUT2D eigenvalue weighted by atomic mass is 9.73. The number of likely N-dealkylation sites (tertiary alicyclic amines) is 1. The predicted octanol–water partition coefficient (Wildman–Crippen LogP) is 2.25. The molecule has 0 radical (unpaired) electrons. The van der Waals surface area contributed by atoms with Crippen molar-refractivity contribution in [2.24, 2.45) is 5.41 Å². The second kappa shape index (κ2) is 5.81. The topological polar surface area (TPSA) is 51.9 Å². The molecule has 0 aromatic carbocycles. The highest BCUT2D eigenvalue weighted by molar-refractivity contribution is 5.95. The van der Waals surface area contributed by atoms with Gasteiger partial charge in [-0.3, -0.25) is 4.79 Å². The van der Waals surface area contributed by atoms with Crippen LogP contribution in [0.4, 0.5) is 0 Å². The van der Waals surface area contributed by atoms with Crippen LogP contribution in [-0.4, -0.2) is 50.3 Å². The Labute approximate surface area is 125 Å². The highest BCUT2D eigenvalue weighted by atomic mass is 16.5. The lowest BCUT2D eigenvalue weighted by Gasteiger charge is -2.50. The van der Waals surface area contributed by atoms with Gasteiger partial charge in [0.25, 0.3) is 5.91 Å². The average molecular weight is 293 g/mol. The van der Waals surface area contributed by atoms with Crippen LogP contribution in [0.2, 0.25) is 0 Å². The smallest absolute Gasteiger partial charge is 0.257 e. The average Bonchev–Trinajstić information content (AvgIpc) is 2.92. The molecule has 2 unspecified atom stereocenters. The number of piperidine rings is 1. The molecule has 3 heterocycles. The van der Waals surface area contributed by atoms with E-state index in [2.05, 4.69) is 0 Å². The summed E-state index contributed by atoms with van der Waals surface area (Å²) in [5.41, 5.74) is 0.608. The summed E-state index contributed by atoms with van der Waals surface area (Å²) in [7, 11) is 1.72. The summed E-state index contributed by atoms with van der Waals surface area (Å²) in [6, 6.07) is 1.75. The van der Waals surface area contributed by atoms with Gasteiger partial charge < -0.3 is 18.8 Å². The number of ether oxygens (including phenoxy) is 2. The van der Waals surface area contributed by atoms with E-state index in [0.717, 1.165) is 32.4 Å². The lowest BCUT2D eigenvalue weighted by Crippen LogP contribution is -2.58. The van der Waals surface area contributed by atoms with Crippen LogP contribution in [0.15, 0.2) is 16.7 Å². The van der Waals surface area contributed by atoms with Crippen molar-refractivity contribution in [3.8, 4) is 0 Å². The first-order chi connectivity index (χ1) is 10.2. The van der Waals surface area contributed by atoms with Crippen molar-refractivity contribution in [1.82, 2.24) is 4.90 Å². The first-order valence-electron chi connectivity index (χ1n) is 7.60. The van der Waals surface area contributed by atoms with E-state index in [1.807, 2.05) is 11.8 Å². The number of fused-ring (bicyclic) bond motifs is 1. The fourth-order valence-electron chi connectivity index (χ4n) is 3.74. The standard InChI is InChI=1S/C16H23NO4/c1-12-13(5-9-20-12)15(18)17-7-4-14-16(10-17,11-19-2)6-3-8-21-14/h5,9,14H,3-4,6-8,10-11H2,1-2H3. The Hall–Kier alpha value is -1.33. The fraction of sp³-hybridized carbons (Fsp3) is 0.688. The number of hydrogen-bond donors (Lipinski definition) is 0. The van der Waals surface area contributed by atoms with Gasteiger partial charge in [-0.2, -0.15) is 0 Å².